The number of hydrogen-bond acceptors (Lipinski definition) is 4. The van der Waals surface area contributed by atoms with E-state index in [1.807, 2.05) is 48.2 Å². The second-order valence-corrected chi connectivity index (χ2v) is 10.5. The highest BCUT2D eigenvalue weighted by molar-refractivity contribution is 6.42. The highest BCUT2D eigenvalue weighted by Crippen LogP contribution is 2.35. The zero-order valence-corrected chi connectivity index (χ0v) is 21.9. The molecule has 34 heavy (non-hydrogen) atoms. The number of ether oxygens (including phenoxy) is 1. The molecule has 1 aliphatic heterocycles. The van der Waals surface area contributed by atoms with Gasteiger partial charge in [-0.1, -0.05) is 61.3 Å². The number of nitrogens with zero attached hydrogens (tertiary/aromatic N) is 2. The molecule has 0 bridgehead atoms. The average Bonchev–Trinajstić information content (AvgIpc) is 2.78. The van der Waals surface area contributed by atoms with Crippen LogP contribution in [-0.4, -0.2) is 60.3 Å². The Balaban J connectivity index is 1.87. The molecule has 0 aliphatic carbocycles. The lowest BCUT2D eigenvalue weighted by Gasteiger charge is -2.48. The van der Waals surface area contributed by atoms with Crippen LogP contribution in [0.4, 0.5) is 4.79 Å². The van der Waals surface area contributed by atoms with E-state index in [4.69, 9.17) is 33.0 Å². The summed E-state index contributed by atoms with van der Waals surface area (Å²) in [4.78, 5) is 18.0. The van der Waals surface area contributed by atoms with E-state index >= 15 is 0 Å². The van der Waals surface area contributed by atoms with Crippen LogP contribution in [0.1, 0.15) is 44.4 Å². The first-order chi connectivity index (χ1) is 16.1. The molecule has 186 valence electrons. The standard InChI is InChI=1S/C26H35Cl2N3O3/c1-18(21-9-6-10-22(27)24(21)28)29-25(33)31(23-11-12-30(4)17-26(23,2)3)16-19-7-5-8-20(15-19)34-14-13-32/h5-10,15,18,23,32H,11-14,16-17H2,1-4H3,(H,29,33). The summed E-state index contributed by atoms with van der Waals surface area (Å²) in [7, 11) is 2.12. The van der Waals surface area contributed by atoms with Crippen LogP contribution in [0, 0.1) is 5.41 Å². The number of piperidine rings is 1. The summed E-state index contributed by atoms with van der Waals surface area (Å²) in [5.74, 6) is 0.675. The molecule has 0 spiro atoms. The summed E-state index contributed by atoms with van der Waals surface area (Å²) in [5, 5.41) is 13.1. The maximum Gasteiger partial charge on any atom is 0.318 e. The number of urea groups is 1. The normalized spacial score (nSPS) is 18.9. The van der Waals surface area contributed by atoms with Crippen LogP contribution in [0.2, 0.25) is 10.0 Å². The van der Waals surface area contributed by atoms with Crippen molar-refractivity contribution in [2.75, 3.05) is 33.4 Å². The summed E-state index contributed by atoms with van der Waals surface area (Å²) < 4.78 is 5.58. The third-order valence-corrected chi connectivity index (χ3v) is 7.23. The zero-order valence-electron chi connectivity index (χ0n) is 20.4. The highest BCUT2D eigenvalue weighted by atomic mass is 35.5. The van der Waals surface area contributed by atoms with Gasteiger partial charge in [0.1, 0.15) is 12.4 Å². The highest BCUT2D eigenvalue weighted by Gasteiger charge is 2.40. The van der Waals surface area contributed by atoms with Gasteiger partial charge in [0, 0.05) is 19.1 Å². The van der Waals surface area contributed by atoms with Crippen molar-refractivity contribution < 1.29 is 14.6 Å². The number of aliphatic hydroxyl groups excluding tert-OH is 1. The molecule has 8 heteroatoms. The fourth-order valence-corrected chi connectivity index (χ4v) is 5.28. The Hall–Kier alpha value is -1.99. The maximum atomic E-state index is 13.7. The molecular formula is C26H35Cl2N3O3. The maximum absolute atomic E-state index is 13.7. The largest absolute Gasteiger partial charge is 0.491 e. The van der Waals surface area contributed by atoms with E-state index in [-0.39, 0.29) is 36.7 Å². The van der Waals surface area contributed by atoms with Crippen LogP contribution in [0.3, 0.4) is 0 Å². The summed E-state index contributed by atoms with van der Waals surface area (Å²) in [6.45, 7) is 8.79. The number of nitrogens with one attached hydrogen (secondary N) is 1. The van der Waals surface area contributed by atoms with Crippen LogP contribution in [0.15, 0.2) is 42.5 Å². The number of rotatable bonds is 8. The first-order valence-corrected chi connectivity index (χ1v) is 12.4. The minimum Gasteiger partial charge on any atom is -0.491 e. The number of aliphatic hydroxyl groups is 1. The van der Waals surface area contributed by atoms with Gasteiger partial charge in [0.05, 0.1) is 22.7 Å². The van der Waals surface area contributed by atoms with Gasteiger partial charge in [-0.05, 0) is 61.7 Å². The molecule has 2 aromatic carbocycles. The molecular weight excluding hydrogens is 473 g/mol. The van der Waals surface area contributed by atoms with Gasteiger partial charge in [0.2, 0.25) is 0 Å². The topological polar surface area (TPSA) is 65.0 Å². The molecule has 2 N–H and O–H groups in total. The monoisotopic (exact) mass is 507 g/mol. The van der Waals surface area contributed by atoms with Crippen LogP contribution < -0.4 is 10.1 Å². The first-order valence-electron chi connectivity index (χ1n) is 11.6. The van der Waals surface area contributed by atoms with Crippen molar-refractivity contribution in [3.8, 4) is 5.75 Å². The lowest BCUT2D eigenvalue weighted by atomic mass is 9.78. The van der Waals surface area contributed by atoms with Gasteiger partial charge in [-0.15, -0.1) is 0 Å². The molecule has 1 fully saturated rings. The number of likely N-dealkylation sites (tertiary alicyclic amines) is 1. The minimum absolute atomic E-state index is 0.0488. The lowest BCUT2D eigenvalue weighted by Crippen LogP contribution is -2.58. The van der Waals surface area contributed by atoms with Crippen LogP contribution >= 0.6 is 23.2 Å². The Morgan fingerprint density at radius 2 is 2.03 bits per heavy atom. The van der Waals surface area contributed by atoms with Gasteiger partial charge in [-0.3, -0.25) is 0 Å². The zero-order chi connectivity index (χ0) is 24.9. The van der Waals surface area contributed by atoms with Crippen LogP contribution in [0.25, 0.3) is 0 Å². The minimum atomic E-state index is -0.310. The van der Waals surface area contributed by atoms with E-state index < -0.39 is 0 Å². The summed E-state index contributed by atoms with van der Waals surface area (Å²) in [6, 6.07) is 12.7. The second kappa shape index (κ2) is 11.6. The van der Waals surface area contributed by atoms with Gasteiger partial charge in [0.25, 0.3) is 0 Å². The van der Waals surface area contributed by atoms with Crippen molar-refractivity contribution in [2.24, 2.45) is 5.41 Å². The summed E-state index contributed by atoms with van der Waals surface area (Å²) >= 11 is 12.6. The van der Waals surface area contributed by atoms with Crippen molar-refractivity contribution in [3.63, 3.8) is 0 Å². The number of carbonyl (C=O) groups is 1. The molecule has 2 atom stereocenters. The Bertz CT molecular complexity index is 986. The molecule has 0 radical (unpaired) electrons. The smallest absolute Gasteiger partial charge is 0.318 e. The van der Waals surface area contributed by atoms with E-state index in [0.29, 0.717) is 22.3 Å². The predicted molar refractivity (Wildman–Crippen MR) is 138 cm³/mol. The first kappa shape index (κ1) is 26.6. The fraction of sp³-hybridized carbons (Fsp3) is 0.500. The van der Waals surface area contributed by atoms with Crippen molar-refractivity contribution >= 4 is 29.2 Å². The van der Waals surface area contributed by atoms with Crippen LogP contribution in [0.5, 0.6) is 5.75 Å². The lowest BCUT2D eigenvalue weighted by molar-refractivity contribution is 0.0300. The van der Waals surface area contributed by atoms with E-state index in [2.05, 4.69) is 31.1 Å². The van der Waals surface area contributed by atoms with Crippen LogP contribution in [-0.2, 0) is 6.54 Å². The molecule has 0 aromatic heterocycles. The van der Waals surface area contributed by atoms with Gasteiger partial charge in [-0.25, -0.2) is 4.79 Å². The fourth-order valence-electron chi connectivity index (χ4n) is 4.81. The Kier molecular flexibility index (Phi) is 9.10. The van der Waals surface area contributed by atoms with Crippen molar-refractivity contribution in [3.05, 3.63) is 63.6 Å². The molecule has 2 aromatic rings. The Labute approximate surface area is 212 Å². The molecule has 2 amide bonds. The van der Waals surface area contributed by atoms with E-state index in [1.165, 1.54) is 0 Å². The van der Waals surface area contributed by atoms with E-state index in [0.717, 1.165) is 30.6 Å². The van der Waals surface area contributed by atoms with Gasteiger partial charge in [-0.2, -0.15) is 0 Å². The Morgan fingerprint density at radius 3 is 2.74 bits per heavy atom. The van der Waals surface area contributed by atoms with Gasteiger partial charge < -0.3 is 25.0 Å². The summed E-state index contributed by atoms with van der Waals surface area (Å²) in [6.07, 6.45) is 0.879. The second-order valence-electron chi connectivity index (χ2n) is 9.69. The predicted octanol–water partition coefficient (Wildman–Crippen LogP) is 5.37. The van der Waals surface area contributed by atoms with Crippen molar-refractivity contribution in [2.45, 2.75) is 45.8 Å². The van der Waals surface area contributed by atoms with Crippen molar-refractivity contribution in [1.82, 2.24) is 15.1 Å². The Morgan fingerprint density at radius 1 is 1.29 bits per heavy atom. The number of carbonyl (C=O) groups excluding carboxylic acids is 1. The quantitative estimate of drug-likeness (QED) is 0.504. The number of halogens is 2. The van der Waals surface area contributed by atoms with Crippen molar-refractivity contribution in [1.29, 1.82) is 0 Å². The third-order valence-electron chi connectivity index (χ3n) is 6.40. The molecule has 1 heterocycles. The van der Waals surface area contributed by atoms with E-state index in [9.17, 15) is 4.79 Å². The van der Waals surface area contributed by atoms with Gasteiger partial charge >= 0.3 is 6.03 Å². The molecule has 3 rings (SSSR count). The molecule has 0 saturated carbocycles. The molecule has 1 aliphatic rings. The number of amides is 2. The number of hydrogen-bond donors (Lipinski definition) is 2. The molecule has 6 nitrogen and oxygen atoms in total. The van der Waals surface area contributed by atoms with Gasteiger partial charge in [0.15, 0.2) is 0 Å². The average molecular weight is 508 g/mol. The third kappa shape index (κ3) is 6.57. The SMILES string of the molecule is CC(NC(=O)N(Cc1cccc(OCCO)c1)C1CCN(C)CC1(C)C)c1cccc(Cl)c1Cl. The van der Waals surface area contributed by atoms with E-state index in [1.54, 1.807) is 6.07 Å². The molecule has 1 saturated heterocycles. The molecule has 2 unspecified atom stereocenters. The number of benzene rings is 2. The summed E-state index contributed by atoms with van der Waals surface area (Å²) in [5.41, 5.74) is 1.66.